The molecule has 0 saturated carbocycles. The Labute approximate surface area is 143 Å². The van der Waals surface area contributed by atoms with Crippen molar-refractivity contribution in [2.75, 3.05) is 30.4 Å². The second kappa shape index (κ2) is 6.19. The van der Waals surface area contributed by atoms with Crippen molar-refractivity contribution in [1.29, 1.82) is 0 Å². The lowest BCUT2D eigenvalue weighted by Gasteiger charge is -2.28. The number of benzene rings is 2. The summed E-state index contributed by atoms with van der Waals surface area (Å²) in [6, 6.07) is 13.5. The van der Waals surface area contributed by atoms with Gasteiger partial charge in [0.05, 0.1) is 12.2 Å². The van der Waals surface area contributed by atoms with Gasteiger partial charge in [-0.25, -0.2) is 0 Å². The van der Waals surface area contributed by atoms with Crippen LogP contribution in [0.25, 0.3) is 0 Å². The van der Waals surface area contributed by atoms with Gasteiger partial charge in [-0.15, -0.1) is 0 Å². The van der Waals surface area contributed by atoms with Gasteiger partial charge in [0.2, 0.25) is 0 Å². The van der Waals surface area contributed by atoms with E-state index in [9.17, 15) is 4.79 Å². The van der Waals surface area contributed by atoms with Gasteiger partial charge < -0.3 is 15.0 Å². The Morgan fingerprint density at radius 3 is 2.50 bits per heavy atom. The number of rotatable bonds is 2. The number of likely N-dealkylation sites (N-methyl/N-ethyl adjacent to an activating group) is 1. The molecule has 4 heteroatoms. The van der Waals surface area contributed by atoms with Crippen LogP contribution in [0.5, 0.6) is 5.75 Å². The smallest absolute Gasteiger partial charge is 0.255 e. The Bertz CT molecular complexity index is 745. The zero-order valence-electron chi connectivity index (χ0n) is 14.7. The zero-order chi connectivity index (χ0) is 17.3. The molecule has 1 amide bonds. The van der Waals surface area contributed by atoms with E-state index in [1.807, 2.05) is 49.5 Å². The number of hydrogen-bond donors (Lipinski definition) is 1. The summed E-state index contributed by atoms with van der Waals surface area (Å²) in [6.07, 6.45) is 0. The predicted octanol–water partition coefficient (Wildman–Crippen LogP) is 4.07. The minimum atomic E-state index is -0.112. The molecule has 0 spiro atoms. The number of hydrogen-bond acceptors (Lipinski definition) is 3. The third kappa shape index (κ3) is 3.37. The highest BCUT2D eigenvalue weighted by Gasteiger charge is 2.17. The molecule has 2 aromatic carbocycles. The van der Waals surface area contributed by atoms with Gasteiger partial charge in [-0.05, 0) is 35.2 Å². The largest absolute Gasteiger partial charge is 0.489 e. The van der Waals surface area contributed by atoms with Crippen molar-refractivity contribution in [3.63, 3.8) is 0 Å². The second-order valence-corrected chi connectivity index (χ2v) is 7.23. The van der Waals surface area contributed by atoms with Gasteiger partial charge in [0, 0.05) is 24.4 Å². The number of fused-ring (bicyclic) bond motifs is 1. The Morgan fingerprint density at radius 2 is 1.83 bits per heavy atom. The number of nitrogens with zero attached hydrogens (tertiary/aromatic N) is 1. The quantitative estimate of drug-likeness (QED) is 0.905. The zero-order valence-corrected chi connectivity index (χ0v) is 14.7. The third-order valence-corrected chi connectivity index (χ3v) is 4.33. The van der Waals surface area contributed by atoms with Gasteiger partial charge in [0.25, 0.3) is 5.91 Å². The SMILES string of the molecule is CN1CCOc2cc(NC(=O)c3ccc(C(C)(C)C)cc3)ccc21. The molecule has 0 radical (unpaired) electrons. The van der Waals surface area contributed by atoms with Crippen molar-refractivity contribution < 1.29 is 9.53 Å². The molecule has 4 nitrogen and oxygen atoms in total. The molecule has 0 aliphatic carbocycles. The van der Waals surface area contributed by atoms with E-state index < -0.39 is 0 Å². The van der Waals surface area contributed by atoms with Gasteiger partial charge in [-0.3, -0.25) is 4.79 Å². The molecule has 0 bridgehead atoms. The van der Waals surface area contributed by atoms with Crippen molar-refractivity contribution in [2.45, 2.75) is 26.2 Å². The molecule has 0 fully saturated rings. The van der Waals surface area contributed by atoms with E-state index in [4.69, 9.17) is 4.74 Å². The molecule has 0 atom stereocenters. The molecule has 1 N–H and O–H groups in total. The number of amides is 1. The van der Waals surface area contributed by atoms with Crippen molar-refractivity contribution >= 4 is 17.3 Å². The fourth-order valence-corrected chi connectivity index (χ4v) is 2.76. The first-order chi connectivity index (χ1) is 11.3. The summed E-state index contributed by atoms with van der Waals surface area (Å²) in [5, 5.41) is 2.94. The maximum atomic E-state index is 12.4. The van der Waals surface area contributed by atoms with Gasteiger partial charge in [-0.2, -0.15) is 0 Å². The molecule has 24 heavy (non-hydrogen) atoms. The summed E-state index contributed by atoms with van der Waals surface area (Å²) in [5.74, 6) is 0.698. The molecule has 3 rings (SSSR count). The third-order valence-electron chi connectivity index (χ3n) is 4.33. The first kappa shape index (κ1) is 16.4. The van der Waals surface area contributed by atoms with Gasteiger partial charge in [0.15, 0.2) is 0 Å². The van der Waals surface area contributed by atoms with E-state index in [1.165, 1.54) is 5.56 Å². The lowest BCUT2D eigenvalue weighted by molar-refractivity contribution is 0.102. The summed E-state index contributed by atoms with van der Waals surface area (Å²) in [5.41, 5.74) is 3.74. The van der Waals surface area contributed by atoms with E-state index in [0.29, 0.717) is 12.2 Å². The first-order valence-electron chi connectivity index (χ1n) is 8.24. The standard InChI is InChI=1S/C20H24N2O2/c1-20(2,3)15-7-5-14(6-8-15)19(23)21-16-9-10-17-18(13-16)24-12-11-22(17)4/h5-10,13H,11-12H2,1-4H3,(H,21,23). The summed E-state index contributed by atoms with van der Waals surface area (Å²) < 4.78 is 5.68. The molecule has 1 aliphatic rings. The molecule has 0 aromatic heterocycles. The van der Waals surface area contributed by atoms with Gasteiger partial charge >= 0.3 is 0 Å². The predicted molar refractivity (Wildman–Crippen MR) is 98.3 cm³/mol. The van der Waals surface area contributed by atoms with E-state index in [1.54, 1.807) is 0 Å². The summed E-state index contributed by atoms with van der Waals surface area (Å²) in [7, 11) is 2.04. The minimum absolute atomic E-state index is 0.0802. The first-order valence-corrected chi connectivity index (χ1v) is 8.24. The topological polar surface area (TPSA) is 41.6 Å². The fourth-order valence-electron chi connectivity index (χ4n) is 2.76. The van der Waals surface area contributed by atoms with E-state index in [2.05, 4.69) is 31.0 Å². The van der Waals surface area contributed by atoms with Crippen LogP contribution in [0, 0.1) is 0 Å². The monoisotopic (exact) mass is 324 g/mol. The van der Waals surface area contributed by atoms with Crippen molar-refractivity contribution in [3.8, 4) is 5.75 Å². The normalized spacial score (nSPS) is 13.9. The van der Waals surface area contributed by atoms with Crippen LogP contribution in [0.3, 0.4) is 0 Å². The fraction of sp³-hybridized carbons (Fsp3) is 0.350. The van der Waals surface area contributed by atoms with E-state index in [-0.39, 0.29) is 11.3 Å². The highest BCUT2D eigenvalue weighted by molar-refractivity contribution is 6.04. The van der Waals surface area contributed by atoms with Crippen LogP contribution in [0.4, 0.5) is 11.4 Å². The molecule has 2 aromatic rings. The van der Waals surface area contributed by atoms with Crippen LogP contribution in [0.15, 0.2) is 42.5 Å². The van der Waals surface area contributed by atoms with Crippen LogP contribution >= 0.6 is 0 Å². The average Bonchev–Trinajstić information content (AvgIpc) is 2.54. The van der Waals surface area contributed by atoms with Gasteiger partial charge in [0.1, 0.15) is 12.4 Å². The Morgan fingerprint density at radius 1 is 1.12 bits per heavy atom. The highest BCUT2D eigenvalue weighted by atomic mass is 16.5. The molecule has 0 unspecified atom stereocenters. The molecule has 126 valence electrons. The number of nitrogens with one attached hydrogen (secondary N) is 1. The second-order valence-electron chi connectivity index (χ2n) is 7.23. The number of ether oxygens (including phenoxy) is 1. The van der Waals surface area contributed by atoms with Crippen molar-refractivity contribution in [3.05, 3.63) is 53.6 Å². The summed E-state index contributed by atoms with van der Waals surface area (Å²) in [6.45, 7) is 8.01. The van der Waals surface area contributed by atoms with Crippen LogP contribution in [0.2, 0.25) is 0 Å². The number of anilines is 2. The Balaban J connectivity index is 1.75. The molecule has 1 heterocycles. The Hall–Kier alpha value is -2.49. The number of carbonyl (C=O) groups is 1. The Kier molecular flexibility index (Phi) is 4.22. The van der Waals surface area contributed by atoms with Crippen molar-refractivity contribution in [2.24, 2.45) is 0 Å². The van der Waals surface area contributed by atoms with Crippen LogP contribution < -0.4 is 15.0 Å². The minimum Gasteiger partial charge on any atom is -0.489 e. The maximum absolute atomic E-state index is 12.4. The maximum Gasteiger partial charge on any atom is 0.255 e. The van der Waals surface area contributed by atoms with E-state index in [0.717, 1.165) is 23.7 Å². The summed E-state index contributed by atoms with van der Waals surface area (Å²) >= 11 is 0. The molecule has 0 saturated heterocycles. The van der Waals surface area contributed by atoms with Crippen molar-refractivity contribution in [1.82, 2.24) is 0 Å². The van der Waals surface area contributed by atoms with Gasteiger partial charge in [-0.1, -0.05) is 32.9 Å². The van der Waals surface area contributed by atoms with E-state index >= 15 is 0 Å². The molecular weight excluding hydrogens is 300 g/mol. The average molecular weight is 324 g/mol. The lowest BCUT2D eigenvalue weighted by atomic mass is 9.87. The number of carbonyl (C=O) groups excluding carboxylic acids is 1. The van der Waals surface area contributed by atoms with Crippen LogP contribution in [0.1, 0.15) is 36.7 Å². The van der Waals surface area contributed by atoms with Crippen LogP contribution in [-0.4, -0.2) is 26.1 Å². The molecule has 1 aliphatic heterocycles. The summed E-state index contributed by atoms with van der Waals surface area (Å²) in [4.78, 5) is 14.6. The lowest BCUT2D eigenvalue weighted by Crippen LogP contribution is -2.28. The van der Waals surface area contributed by atoms with Crippen LogP contribution in [-0.2, 0) is 5.41 Å². The molecular formula is C20H24N2O2. The highest BCUT2D eigenvalue weighted by Crippen LogP contribution is 2.33.